The van der Waals surface area contributed by atoms with Gasteiger partial charge in [0.15, 0.2) is 11.7 Å². The number of carbonyl (C=O) groups is 1. The Bertz CT molecular complexity index is 1070. The maximum Gasteiger partial charge on any atom is 0.410 e. The van der Waals surface area contributed by atoms with Crippen molar-refractivity contribution < 1.29 is 18.0 Å². The maximum absolute atomic E-state index is 13.8. The molecular weight excluding hydrogens is 501 g/mol. The Morgan fingerprint density at radius 3 is 2.77 bits per heavy atom. The maximum atomic E-state index is 13.8. The fourth-order valence-electron chi connectivity index (χ4n) is 3.34. The molecule has 3 heterocycles. The number of aromatic nitrogens is 2. The lowest BCUT2D eigenvalue weighted by Crippen LogP contribution is -2.35. The number of hydrogen-bond acceptors (Lipinski definition) is 5. The summed E-state index contributed by atoms with van der Waals surface area (Å²) >= 11 is 6.14. The highest BCUT2D eigenvalue weighted by Crippen LogP contribution is 2.47. The molecule has 1 aromatic carbocycles. The van der Waals surface area contributed by atoms with E-state index in [1.54, 1.807) is 24.3 Å². The summed E-state index contributed by atoms with van der Waals surface area (Å²) in [5.74, 6) is -0.439. The molecule has 30 heavy (non-hydrogen) atoms. The van der Waals surface area contributed by atoms with Gasteiger partial charge in [-0.2, -0.15) is 18.3 Å². The Hall–Kier alpha value is -1.98. The molecule has 11 heteroatoms. The highest BCUT2D eigenvalue weighted by molar-refractivity contribution is 9.10. The molecule has 1 aliphatic rings. The van der Waals surface area contributed by atoms with E-state index in [0.29, 0.717) is 5.69 Å². The number of amides is 1. The lowest BCUT2D eigenvalue weighted by Gasteiger charge is -2.33. The molecule has 0 radical (unpaired) electrons. The number of anilines is 2. The van der Waals surface area contributed by atoms with Gasteiger partial charge in [0, 0.05) is 16.2 Å². The summed E-state index contributed by atoms with van der Waals surface area (Å²) in [6.45, 7) is 0. The Morgan fingerprint density at radius 2 is 2.10 bits per heavy atom. The van der Waals surface area contributed by atoms with E-state index in [4.69, 9.17) is 0 Å². The van der Waals surface area contributed by atoms with Gasteiger partial charge >= 0.3 is 6.18 Å². The Morgan fingerprint density at radius 1 is 1.33 bits per heavy atom. The number of thioether (sulfide) groups is 1. The first-order valence-corrected chi connectivity index (χ1v) is 11.8. The van der Waals surface area contributed by atoms with E-state index in [9.17, 15) is 18.0 Å². The van der Waals surface area contributed by atoms with Crippen LogP contribution in [0.5, 0.6) is 0 Å². The van der Waals surface area contributed by atoms with E-state index in [0.717, 1.165) is 14.5 Å². The average Bonchev–Trinajstić information content (AvgIpc) is 3.35. The Labute approximate surface area is 187 Å². The zero-order chi connectivity index (χ0) is 21.5. The van der Waals surface area contributed by atoms with Gasteiger partial charge in [0.1, 0.15) is 5.82 Å². The average molecular weight is 517 g/mol. The molecule has 2 atom stereocenters. The van der Waals surface area contributed by atoms with Crippen LogP contribution in [-0.4, -0.2) is 28.1 Å². The predicted molar refractivity (Wildman–Crippen MR) is 116 cm³/mol. The lowest BCUT2D eigenvalue weighted by molar-refractivity contribution is -0.173. The molecule has 2 N–H and O–H groups in total. The molecule has 4 rings (SSSR count). The number of nitrogens with one attached hydrogen (secondary N) is 2. The molecular formula is C19H16BrF3N4OS2. The Kier molecular flexibility index (Phi) is 5.86. The minimum Gasteiger partial charge on any atom is -0.362 e. The van der Waals surface area contributed by atoms with Gasteiger partial charge in [-0.1, -0.05) is 18.2 Å². The third kappa shape index (κ3) is 3.97. The molecule has 0 bridgehead atoms. The van der Waals surface area contributed by atoms with Crippen molar-refractivity contribution >= 4 is 56.4 Å². The smallest absolute Gasteiger partial charge is 0.362 e. The van der Waals surface area contributed by atoms with Crippen LogP contribution in [-0.2, 0) is 0 Å². The summed E-state index contributed by atoms with van der Waals surface area (Å²) in [6.07, 6.45) is -2.84. The van der Waals surface area contributed by atoms with Crippen molar-refractivity contribution in [1.29, 1.82) is 0 Å². The molecule has 1 aliphatic heterocycles. The van der Waals surface area contributed by atoms with Gasteiger partial charge in [0.25, 0.3) is 5.91 Å². The van der Waals surface area contributed by atoms with Gasteiger partial charge in [-0.25, -0.2) is 4.68 Å². The van der Waals surface area contributed by atoms with Crippen molar-refractivity contribution in [2.45, 2.75) is 29.6 Å². The van der Waals surface area contributed by atoms with Crippen molar-refractivity contribution in [1.82, 2.24) is 9.78 Å². The van der Waals surface area contributed by atoms with Crippen LogP contribution in [0.4, 0.5) is 24.7 Å². The number of fused-ring (bicyclic) bond motifs is 1. The van der Waals surface area contributed by atoms with Crippen molar-refractivity contribution in [2.24, 2.45) is 0 Å². The fraction of sp³-hybridized carbons (Fsp3) is 0.263. The first kappa shape index (κ1) is 21.3. The third-order valence-electron chi connectivity index (χ3n) is 4.75. The van der Waals surface area contributed by atoms with E-state index in [1.165, 1.54) is 23.1 Å². The molecule has 0 saturated carbocycles. The molecule has 0 saturated heterocycles. The van der Waals surface area contributed by atoms with E-state index in [1.807, 2.05) is 23.8 Å². The monoisotopic (exact) mass is 516 g/mol. The highest BCUT2D eigenvalue weighted by Gasteiger charge is 2.48. The van der Waals surface area contributed by atoms with Gasteiger partial charge in [0.2, 0.25) is 0 Å². The summed E-state index contributed by atoms with van der Waals surface area (Å²) < 4.78 is 42.5. The first-order chi connectivity index (χ1) is 14.3. The predicted octanol–water partition coefficient (Wildman–Crippen LogP) is 6.34. The summed E-state index contributed by atoms with van der Waals surface area (Å²) in [5.41, 5.74) is 0.471. The van der Waals surface area contributed by atoms with E-state index in [2.05, 4.69) is 31.7 Å². The lowest BCUT2D eigenvalue weighted by atomic mass is 10.0. The second-order valence-corrected chi connectivity index (χ2v) is 9.24. The topological polar surface area (TPSA) is 59.0 Å². The van der Waals surface area contributed by atoms with Crippen molar-refractivity contribution in [3.8, 4) is 0 Å². The summed E-state index contributed by atoms with van der Waals surface area (Å²) in [6, 6.07) is 8.43. The summed E-state index contributed by atoms with van der Waals surface area (Å²) in [4.78, 5) is 14.5. The quantitative estimate of drug-likeness (QED) is 0.397. The molecule has 0 spiro atoms. The number of halogens is 4. The van der Waals surface area contributed by atoms with Gasteiger partial charge < -0.3 is 10.6 Å². The molecule has 2 aromatic heterocycles. The van der Waals surface area contributed by atoms with Crippen molar-refractivity contribution in [2.75, 3.05) is 16.9 Å². The van der Waals surface area contributed by atoms with Gasteiger partial charge in [-0.3, -0.25) is 4.79 Å². The second-order valence-electron chi connectivity index (χ2n) is 6.62. The van der Waals surface area contributed by atoms with E-state index < -0.39 is 24.2 Å². The minimum absolute atomic E-state index is 0.102. The SMILES string of the molecule is CSc1ccccc1NC(=O)c1nn2c(c1Br)NC(c1cccs1)CC2C(F)(F)F. The number of alkyl halides is 3. The van der Waals surface area contributed by atoms with Gasteiger partial charge in [-0.15, -0.1) is 23.1 Å². The Balaban J connectivity index is 1.70. The first-order valence-electron chi connectivity index (χ1n) is 8.88. The van der Waals surface area contributed by atoms with Crippen LogP contribution in [0.3, 0.4) is 0 Å². The number of para-hydroxylation sites is 1. The van der Waals surface area contributed by atoms with Crippen LogP contribution in [0.1, 0.15) is 33.9 Å². The van der Waals surface area contributed by atoms with Crippen molar-refractivity contribution in [3.05, 3.63) is 56.8 Å². The molecule has 1 amide bonds. The number of hydrogen-bond donors (Lipinski definition) is 2. The van der Waals surface area contributed by atoms with Crippen LogP contribution >= 0.6 is 39.0 Å². The molecule has 158 valence electrons. The van der Waals surface area contributed by atoms with Crippen LogP contribution in [0.25, 0.3) is 0 Å². The molecule has 0 fully saturated rings. The molecule has 2 unspecified atom stereocenters. The summed E-state index contributed by atoms with van der Waals surface area (Å²) in [5, 5.41) is 11.7. The molecule has 3 aromatic rings. The van der Waals surface area contributed by atoms with Gasteiger partial charge in [0.05, 0.1) is 16.2 Å². The normalized spacial score (nSPS) is 18.6. The van der Waals surface area contributed by atoms with Gasteiger partial charge in [-0.05, 0) is 45.8 Å². The number of nitrogens with zero attached hydrogens (tertiary/aromatic N) is 2. The third-order valence-corrected chi connectivity index (χ3v) is 7.29. The standard InChI is InChI=1S/C19H16BrF3N4OS2/c1-29-12-6-3-2-5-10(12)25-18(28)16-15(20)17-24-11(13-7-4-8-30-13)9-14(19(21,22)23)27(17)26-16/h2-8,11,14,24H,9H2,1H3,(H,25,28). The van der Waals surface area contributed by atoms with Crippen LogP contribution in [0, 0.1) is 0 Å². The zero-order valence-electron chi connectivity index (χ0n) is 15.5. The van der Waals surface area contributed by atoms with E-state index >= 15 is 0 Å². The number of benzene rings is 1. The molecule has 5 nitrogen and oxygen atoms in total. The van der Waals surface area contributed by atoms with Crippen LogP contribution < -0.4 is 10.6 Å². The highest BCUT2D eigenvalue weighted by atomic mass is 79.9. The second kappa shape index (κ2) is 8.27. The van der Waals surface area contributed by atoms with Crippen molar-refractivity contribution in [3.63, 3.8) is 0 Å². The molecule has 0 aliphatic carbocycles. The zero-order valence-corrected chi connectivity index (χ0v) is 18.8. The number of thiophene rings is 1. The number of rotatable bonds is 4. The largest absolute Gasteiger partial charge is 0.410 e. The van der Waals surface area contributed by atoms with E-state index in [-0.39, 0.29) is 22.4 Å². The summed E-state index contributed by atoms with van der Waals surface area (Å²) in [7, 11) is 0. The minimum atomic E-state index is -4.50. The van der Waals surface area contributed by atoms with Crippen LogP contribution in [0.2, 0.25) is 0 Å². The van der Waals surface area contributed by atoms with Crippen LogP contribution in [0.15, 0.2) is 51.1 Å². The number of carbonyl (C=O) groups excluding carboxylic acids is 1. The fourth-order valence-corrected chi connectivity index (χ4v) is 5.24.